The molecular formula is C24H21N5O4. The highest BCUT2D eigenvalue weighted by Crippen LogP contribution is 2.35. The second-order valence-electron chi connectivity index (χ2n) is 7.87. The smallest absolute Gasteiger partial charge is 0.265 e. The Labute approximate surface area is 189 Å². The van der Waals surface area contributed by atoms with Crippen LogP contribution in [-0.2, 0) is 4.79 Å². The number of hydrazine groups is 1. The van der Waals surface area contributed by atoms with Gasteiger partial charge in [0.2, 0.25) is 11.7 Å². The Kier molecular flexibility index (Phi) is 5.02. The number of hydrogen-bond acceptors (Lipinski definition) is 6. The van der Waals surface area contributed by atoms with E-state index >= 15 is 0 Å². The van der Waals surface area contributed by atoms with Gasteiger partial charge in [0.1, 0.15) is 5.71 Å². The lowest BCUT2D eigenvalue weighted by Gasteiger charge is -2.34. The Hall–Kier alpha value is -4.24. The number of nitrogens with one attached hydrogen (secondary N) is 2. The lowest BCUT2D eigenvalue weighted by atomic mass is 10.0. The number of rotatable bonds is 4. The molecule has 1 saturated heterocycles. The Morgan fingerprint density at radius 3 is 2.64 bits per heavy atom. The SMILES string of the molecule is C=CC(=O)N1CCN(NC(=O)c2ccc3c(c2)C(=O)C(c2c(O)[nH]c4ccccc24)=N3)CC1. The summed E-state index contributed by atoms with van der Waals surface area (Å²) in [6.45, 7) is 5.44. The number of ketones is 1. The summed E-state index contributed by atoms with van der Waals surface area (Å²) >= 11 is 0. The minimum atomic E-state index is -0.351. The number of H-pyrrole nitrogens is 1. The topological polar surface area (TPSA) is 118 Å². The maximum atomic E-state index is 13.1. The van der Waals surface area contributed by atoms with Crippen molar-refractivity contribution in [2.45, 2.75) is 0 Å². The van der Waals surface area contributed by atoms with E-state index < -0.39 is 0 Å². The first-order chi connectivity index (χ1) is 16.0. The Morgan fingerprint density at radius 1 is 1.12 bits per heavy atom. The number of carbonyl (C=O) groups is 3. The Bertz CT molecular complexity index is 1350. The van der Waals surface area contributed by atoms with Gasteiger partial charge in [-0.25, -0.2) is 10.0 Å². The van der Waals surface area contributed by atoms with Crippen molar-refractivity contribution in [1.29, 1.82) is 0 Å². The molecule has 0 radical (unpaired) electrons. The lowest BCUT2D eigenvalue weighted by molar-refractivity contribution is -0.127. The zero-order valence-corrected chi connectivity index (χ0v) is 17.7. The van der Waals surface area contributed by atoms with Crippen molar-refractivity contribution in [1.82, 2.24) is 20.3 Å². The molecule has 1 aromatic heterocycles. The van der Waals surface area contributed by atoms with Gasteiger partial charge in [0.15, 0.2) is 5.88 Å². The highest BCUT2D eigenvalue weighted by atomic mass is 16.3. The van der Waals surface area contributed by atoms with Crippen molar-refractivity contribution in [3.8, 4) is 5.88 Å². The molecule has 0 bridgehead atoms. The van der Waals surface area contributed by atoms with Crippen molar-refractivity contribution >= 4 is 39.9 Å². The number of piperazine rings is 1. The van der Waals surface area contributed by atoms with Crippen molar-refractivity contribution in [3.63, 3.8) is 0 Å². The zero-order chi connectivity index (χ0) is 23.1. The van der Waals surface area contributed by atoms with Crippen LogP contribution in [0.25, 0.3) is 10.9 Å². The van der Waals surface area contributed by atoms with Crippen molar-refractivity contribution < 1.29 is 19.5 Å². The van der Waals surface area contributed by atoms with Crippen LogP contribution in [0.3, 0.4) is 0 Å². The number of para-hydroxylation sites is 1. The summed E-state index contributed by atoms with van der Waals surface area (Å²) in [5.74, 6) is -0.952. The highest BCUT2D eigenvalue weighted by Gasteiger charge is 2.31. The fraction of sp³-hybridized carbons (Fsp3) is 0.167. The molecule has 0 unspecified atom stereocenters. The van der Waals surface area contributed by atoms with Crippen molar-refractivity contribution in [2.75, 3.05) is 26.2 Å². The quantitative estimate of drug-likeness (QED) is 0.534. The van der Waals surface area contributed by atoms with Crippen LogP contribution in [0.5, 0.6) is 5.88 Å². The van der Waals surface area contributed by atoms with E-state index in [1.807, 2.05) is 12.1 Å². The molecule has 2 amide bonds. The van der Waals surface area contributed by atoms with E-state index in [1.165, 1.54) is 12.1 Å². The molecule has 0 saturated carbocycles. The van der Waals surface area contributed by atoms with Crippen LogP contribution in [-0.4, -0.2) is 69.5 Å². The van der Waals surface area contributed by atoms with Gasteiger partial charge in [0, 0.05) is 42.6 Å². The first-order valence-electron chi connectivity index (χ1n) is 10.5. The second-order valence-corrected chi connectivity index (χ2v) is 7.87. The van der Waals surface area contributed by atoms with E-state index in [9.17, 15) is 19.5 Å². The third-order valence-electron chi connectivity index (χ3n) is 5.90. The summed E-state index contributed by atoms with van der Waals surface area (Å²) in [7, 11) is 0. The molecule has 0 spiro atoms. The number of aromatic nitrogens is 1. The molecule has 33 heavy (non-hydrogen) atoms. The molecule has 9 heteroatoms. The first-order valence-corrected chi connectivity index (χ1v) is 10.5. The Balaban J connectivity index is 1.33. The molecule has 2 aromatic carbocycles. The Morgan fingerprint density at radius 2 is 1.88 bits per heavy atom. The number of nitrogens with zero attached hydrogens (tertiary/aromatic N) is 3. The molecular weight excluding hydrogens is 422 g/mol. The highest BCUT2D eigenvalue weighted by molar-refractivity contribution is 6.56. The maximum absolute atomic E-state index is 13.1. The average molecular weight is 443 g/mol. The summed E-state index contributed by atoms with van der Waals surface area (Å²) in [6.07, 6.45) is 1.28. The number of aliphatic imine (C=N–C) groups is 1. The predicted octanol–water partition coefficient (Wildman–Crippen LogP) is 2.17. The van der Waals surface area contributed by atoms with Crippen LogP contribution in [0, 0.1) is 0 Å². The minimum Gasteiger partial charge on any atom is -0.494 e. The largest absolute Gasteiger partial charge is 0.494 e. The normalized spacial score (nSPS) is 15.9. The van der Waals surface area contributed by atoms with Gasteiger partial charge >= 0.3 is 0 Å². The van der Waals surface area contributed by atoms with Crippen LogP contribution >= 0.6 is 0 Å². The zero-order valence-electron chi connectivity index (χ0n) is 17.7. The van der Waals surface area contributed by atoms with Gasteiger partial charge in [0.25, 0.3) is 5.91 Å². The summed E-state index contributed by atoms with van der Waals surface area (Å²) in [4.78, 5) is 46.6. The average Bonchev–Trinajstić information content (AvgIpc) is 3.34. The first kappa shape index (κ1) is 20.7. The lowest BCUT2D eigenvalue weighted by Crippen LogP contribution is -2.54. The number of Topliss-reactive ketones (excluding diaryl/α,β-unsaturated/α-hetero) is 1. The van der Waals surface area contributed by atoms with Crippen molar-refractivity contribution in [3.05, 3.63) is 71.8 Å². The number of carbonyl (C=O) groups excluding carboxylic acids is 3. The number of amides is 2. The summed E-state index contributed by atoms with van der Waals surface area (Å²) in [5, 5.41) is 12.8. The molecule has 1 fully saturated rings. The molecule has 5 rings (SSSR count). The number of benzene rings is 2. The standard InChI is InChI=1S/C24H21N5O4/c1-2-19(30)28-9-11-29(12-10-28)27-23(32)14-7-8-18-16(13-14)22(31)21(25-18)20-15-5-3-4-6-17(15)26-24(20)33/h2-8,13,26,33H,1,9-12H2,(H,27,32). The fourth-order valence-electron chi connectivity index (χ4n) is 4.17. The van der Waals surface area contributed by atoms with Crippen LogP contribution < -0.4 is 5.43 Å². The third kappa shape index (κ3) is 3.58. The molecule has 3 N–H and O–H groups in total. The van der Waals surface area contributed by atoms with Gasteiger partial charge in [-0.1, -0.05) is 24.8 Å². The van der Waals surface area contributed by atoms with Gasteiger partial charge in [-0.05, 0) is 30.3 Å². The monoisotopic (exact) mass is 443 g/mol. The van der Waals surface area contributed by atoms with Gasteiger partial charge in [-0.3, -0.25) is 19.8 Å². The molecule has 2 aliphatic rings. The van der Waals surface area contributed by atoms with Crippen molar-refractivity contribution in [2.24, 2.45) is 4.99 Å². The van der Waals surface area contributed by atoms with Gasteiger partial charge in [-0.2, -0.15) is 0 Å². The summed E-state index contributed by atoms with van der Waals surface area (Å²) in [6, 6.07) is 12.0. The van der Waals surface area contributed by atoms with E-state index in [0.717, 1.165) is 0 Å². The number of hydrogen-bond donors (Lipinski definition) is 3. The van der Waals surface area contributed by atoms with Gasteiger partial charge in [-0.15, -0.1) is 0 Å². The van der Waals surface area contributed by atoms with Crippen LogP contribution in [0.2, 0.25) is 0 Å². The molecule has 3 aromatic rings. The molecule has 9 nitrogen and oxygen atoms in total. The predicted molar refractivity (Wildman–Crippen MR) is 123 cm³/mol. The van der Waals surface area contributed by atoms with E-state index in [4.69, 9.17) is 0 Å². The summed E-state index contributed by atoms with van der Waals surface area (Å²) in [5.41, 5.74) is 5.10. The van der Waals surface area contributed by atoms with Gasteiger partial charge < -0.3 is 15.0 Å². The summed E-state index contributed by atoms with van der Waals surface area (Å²) < 4.78 is 0. The molecule has 166 valence electrons. The molecule has 2 aliphatic heterocycles. The van der Waals surface area contributed by atoms with Gasteiger partial charge in [0.05, 0.1) is 16.8 Å². The number of aromatic hydroxyl groups is 1. The molecule has 0 aliphatic carbocycles. The minimum absolute atomic E-state index is 0.122. The van der Waals surface area contributed by atoms with Crippen LogP contribution in [0.15, 0.2) is 60.1 Å². The van der Waals surface area contributed by atoms with Crippen LogP contribution in [0.1, 0.15) is 26.3 Å². The second kappa shape index (κ2) is 8.03. The molecule has 3 heterocycles. The van der Waals surface area contributed by atoms with E-state index in [2.05, 4.69) is 22.0 Å². The number of fused-ring (bicyclic) bond motifs is 2. The third-order valence-corrected chi connectivity index (χ3v) is 5.90. The van der Waals surface area contributed by atoms with E-state index in [1.54, 1.807) is 34.2 Å². The van der Waals surface area contributed by atoms with Crippen LogP contribution in [0.4, 0.5) is 5.69 Å². The van der Waals surface area contributed by atoms with E-state index in [0.29, 0.717) is 59.5 Å². The fourth-order valence-corrected chi connectivity index (χ4v) is 4.17. The van der Waals surface area contributed by atoms with E-state index in [-0.39, 0.29) is 29.2 Å². The number of aromatic amines is 1. The molecule has 0 atom stereocenters. The maximum Gasteiger partial charge on any atom is 0.265 e.